The topological polar surface area (TPSA) is 41.1 Å². The van der Waals surface area contributed by atoms with E-state index in [4.69, 9.17) is 11.6 Å². The molecule has 4 heteroatoms. The Bertz CT molecular complexity index is 653. The summed E-state index contributed by atoms with van der Waals surface area (Å²) in [5, 5.41) is 7.20. The standard InChI is InChI=1S/C19H21ClN2O/c20-17-9-5-4-8-15(17)12-18(14-6-2-1-3-7-14)22-19(23)16-10-11-21-13-16/h1-9,16,18,21H,10-13H2,(H,22,23). The molecule has 0 saturated carbocycles. The van der Waals surface area contributed by atoms with Crippen LogP contribution in [0.2, 0.25) is 5.02 Å². The fourth-order valence-corrected chi connectivity index (χ4v) is 3.20. The molecule has 2 aromatic carbocycles. The molecule has 0 bridgehead atoms. The molecule has 0 aromatic heterocycles. The van der Waals surface area contributed by atoms with Crippen LogP contribution >= 0.6 is 11.6 Å². The molecule has 0 spiro atoms. The summed E-state index contributed by atoms with van der Waals surface area (Å²) in [5.74, 6) is 0.184. The van der Waals surface area contributed by atoms with E-state index in [1.165, 1.54) is 0 Å². The fraction of sp³-hybridized carbons (Fsp3) is 0.316. The van der Waals surface area contributed by atoms with Gasteiger partial charge in [-0.05, 0) is 36.6 Å². The van der Waals surface area contributed by atoms with Gasteiger partial charge in [0.25, 0.3) is 0 Å². The average molecular weight is 329 g/mol. The van der Waals surface area contributed by atoms with E-state index in [9.17, 15) is 4.79 Å². The van der Waals surface area contributed by atoms with E-state index in [1.807, 2.05) is 42.5 Å². The van der Waals surface area contributed by atoms with Crippen molar-refractivity contribution in [3.05, 3.63) is 70.7 Å². The molecule has 0 aliphatic carbocycles. The smallest absolute Gasteiger partial charge is 0.224 e. The van der Waals surface area contributed by atoms with Crippen LogP contribution in [-0.2, 0) is 11.2 Å². The fourth-order valence-electron chi connectivity index (χ4n) is 2.99. The van der Waals surface area contributed by atoms with Crippen molar-refractivity contribution in [1.29, 1.82) is 0 Å². The predicted octanol–water partition coefficient (Wildman–Crippen LogP) is 3.35. The van der Waals surface area contributed by atoms with Gasteiger partial charge in [-0.3, -0.25) is 4.79 Å². The van der Waals surface area contributed by atoms with Crippen molar-refractivity contribution in [1.82, 2.24) is 10.6 Å². The Morgan fingerprint density at radius 1 is 1.17 bits per heavy atom. The molecule has 3 rings (SSSR count). The van der Waals surface area contributed by atoms with Crippen LogP contribution in [0.4, 0.5) is 0 Å². The second-order valence-electron chi connectivity index (χ2n) is 5.96. The van der Waals surface area contributed by atoms with Gasteiger partial charge in [0.1, 0.15) is 0 Å². The van der Waals surface area contributed by atoms with Gasteiger partial charge in [-0.2, -0.15) is 0 Å². The van der Waals surface area contributed by atoms with E-state index in [0.717, 1.165) is 35.7 Å². The molecule has 1 aliphatic heterocycles. The summed E-state index contributed by atoms with van der Waals surface area (Å²) < 4.78 is 0. The van der Waals surface area contributed by atoms with Crippen LogP contribution in [0.5, 0.6) is 0 Å². The minimum atomic E-state index is -0.0656. The lowest BCUT2D eigenvalue weighted by Gasteiger charge is -2.22. The van der Waals surface area contributed by atoms with Crippen LogP contribution in [0.1, 0.15) is 23.6 Å². The number of hydrogen-bond acceptors (Lipinski definition) is 2. The van der Waals surface area contributed by atoms with E-state index in [1.54, 1.807) is 0 Å². The summed E-state index contributed by atoms with van der Waals surface area (Å²) in [4.78, 5) is 12.5. The van der Waals surface area contributed by atoms with E-state index < -0.39 is 0 Å². The molecule has 2 N–H and O–H groups in total. The third kappa shape index (κ3) is 4.12. The molecule has 2 aromatic rings. The quantitative estimate of drug-likeness (QED) is 0.883. The first-order chi connectivity index (χ1) is 11.2. The Morgan fingerprint density at radius 2 is 1.91 bits per heavy atom. The van der Waals surface area contributed by atoms with Gasteiger partial charge in [0.2, 0.25) is 5.91 Å². The zero-order valence-electron chi connectivity index (χ0n) is 13.0. The third-order valence-corrected chi connectivity index (χ3v) is 4.70. The van der Waals surface area contributed by atoms with Crippen molar-refractivity contribution >= 4 is 17.5 Å². The second-order valence-corrected chi connectivity index (χ2v) is 6.36. The zero-order chi connectivity index (χ0) is 16.1. The van der Waals surface area contributed by atoms with Gasteiger partial charge in [0.15, 0.2) is 0 Å². The van der Waals surface area contributed by atoms with Crippen molar-refractivity contribution in [2.24, 2.45) is 5.92 Å². The summed E-state index contributed by atoms with van der Waals surface area (Å²) in [6, 6.07) is 17.8. The Hall–Kier alpha value is -1.84. The highest BCUT2D eigenvalue weighted by Gasteiger charge is 2.25. The lowest BCUT2D eigenvalue weighted by Crippen LogP contribution is -2.36. The van der Waals surface area contributed by atoms with E-state index in [2.05, 4.69) is 22.8 Å². The number of carbonyl (C=O) groups excluding carboxylic acids is 1. The molecule has 3 nitrogen and oxygen atoms in total. The van der Waals surface area contributed by atoms with Crippen molar-refractivity contribution in [3.8, 4) is 0 Å². The van der Waals surface area contributed by atoms with Crippen molar-refractivity contribution in [2.45, 2.75) is 18.9 Å². The van der Waals surface area contributed by atoms with Crippen LogP contribution in [0.15, 0.2) is 54.6 Å². The number of halogens is 1. The first-order valence-electron chi connectivity index (χ1n) is 8.03. The van der Waals surface area contributed by atoms with Gasteiger partial charge >= 0.3 is 0 Å². The maximum Gasteiger partial charge on any atom is 0.224 e. The normalized spacial score (nSPS) is 18.6. The van der Waals surface area contributed by atoms with E-state index in [-0.39, 0.29) is 17.9 Å². The molecule has 1 saturated heterocycles. The predicted molar refractivity (Wildman–Crippen MR) is 93.5 cm³/mol. The van der Waals surface area contributed by atoms with Crippen molar-refractivity contribution in [3.63, 3.8) is 0 Å². The summed E-state index contributed by atoms with van der Waals surface area (Å²) >= 11 is 6.30. The average Bonchev–Trinajstić information content (AvgIpc) is 3.11. The molecule has 120 valence electrons. The van der Waals surface area contributed by atoms with Gasteiger partial charge in [-0.15, -0.1) is 0 Å². The first-order valence-corrected chi connectivity index (χ1v) is 8.41. The third-order valence-electron chi connectivity index (χ3n) is 4.33. The van der Waals surface area contributed by atoms with Crippen LogP contribution < -0.4 is 10.6 Å². The minimum Gasteiger partial charge on any atom is -0.349 e. The maximum absolute atomic E-state index is 12.5. The van der Waals surface area contributed by atoms with Gasteiger partial charge < -0.3 is 10.6 Å². The van der Waals surface area contributed by atoms with Crippen molar-refractivity contribution in [2.75, 3.05) is 13.1 Å². The van der Waals surface area contributed by atoms with Gasteiger partial charge in [-0.1, -0.05) is 60.1 Å². The molecule has 1 aliphatic rings. The SMILES string of the molecule is O=C(NC(Cc1ccccc1Cl)c1ccccc1)C1CCNC1. The summed E-state index contributed by atoms with van der Waals surface area (Å²) in [6.45, 7) is 1.68. The number of benzene rings is 2. The zero-order valence-corrected chi connectivity index (χ0v) is 13.7. The summed E-state index contributed by atoms with van der Waals surface area (Å²) in [5.41, 5.74) is 2.15. The summed E-state index contributed by atoms with van der Waals surface area (Å²) in [6.07, 6.45) is 1.59. The highest BCUT2D eigenvalue weighted by molar-refractivity contribution is 6.31. The van der Waals surface area contributed by atoms with Crippen LogP contribution in [0.3, 0.4) is 0 Å². The second kappa shape index (κ2) is 7.62. The molecular weight excluding hydrogens is 308 g/mol. The highest BCUT2D eigenvalue weighted by Crippen LogP contribution is 2.24. The Morgan fingerprint density at radius 3 is 2.61 bits per heavy atom. The lowest BCUT2D eigenvalue weighted by atomic mass is 9.97. The molecule has 23 heavy (non-hydrogen) atoms. The summed E-state index contributed by atoms with van der Waals surface area (Å²) in [7, 11) is 0. The highest BCUT2D eigenvalue weighted by atomic mass is 35.5. The van der Waals surface area contributed by atoms with Gasteiger partial charge in [0.05, 0.1) is 12.0 Å². The Kier molecular flexibility index (Phi) is 5.31. The lowest BCUT2D eigenvalue weighted by molar-refractivity contribution is -0.125. The molecule has 0 radical (unpaired) electrons. The molecule has 2 atom stereocenters. The van der Waals surface area contributed by atoms with E-state index in [0.29, 0.717) is 6.42 Å². The van der Waals surface area contributed by atoms with E-state index >= 15 is 0 Å². The van der Waals surface area contributed by atoms with Crippen LogP contribution in [-0.4, -0.2) is 19.0 Å². The largest absolute Gasteiger partial charge is 0.349 e. The van der Waals surface area contributed by atoms with Gasteiger partial charge in [0, 0.05) is 11.6 Å². The first kappa shape index (κ1) is 16.0. The minimum absolute atomic E-state index is 0.0625. The maximum atomic E-state index is 12.5. The number of carbonyl (C=O) groups is 1. The molecule has 1 heterocycles. The number of nitrogens with one attached hydrogen (secondary N) is 2. The van der Waals surface area contributed by atoms with Crippen molar-refractivity contribution < 1.29 is 4.79 Å². The number of hydrogen-bond donors (Lipinski definition) is 2. The Labute approximate surface area is 142 Å². The van der Waals surface area contributed by atoms with Gasteiger partial charge in [-0.25, -0.2) is 0 Å². The number of amides is 1. The van der Waals surface area contributed by atoms with Crippen LogP contribution in [0, 0.1) is 5.92 Å². The number of rotatable bonds is 5. The van der Waals surface area contributed by atoms with Crippen LogP contribution in [0.25, 0.3) is 0 Å². The Balaban J connectivity index is 1.79. The molecule has 1 fully saturated rings. The monoisotopic (exact) mass is 328 g/mol. The molecular formula is C19H21ClN2O. The molecule has 1 amide bonds. The molecule has 2 unspecified atom stereocenters.